The summed E-state index contributed by atoms with van der Waals surface area (Å²) in [6.45, 7) is 3.22. The Labute approximate surface area is 128 Å². The smallest absolute Gasteiger partial charge is 0.329 e. The molecule has 21 heavy (non-hydrogen) atoms. The molecule has 5 nitrogen and oxygen atoms in total. The Kier molecular flexibility index (Phi) is 4.22. The average molecular weight is 313 g/mol. The normalized spacial score (nSPS) is 24.6. The first-order valence-corrected chi connectivity index (χ1v) is 8.09. The second-order valence-corrected chi connectivity index (χ2v) is 6.56. The van der Waals surface area contributed by atoms with E-state index in [1.807, 2.05) is 6.92 Å². The van der Waals surface area contributed by atoms with Gasteiger partial charge in [-0.15, -0.1) is 0 Å². The van der Waals surface area contributed by atoms with Gasteiger partial charge in [-0.2, -0.15) is 0 Å². The Morgan fingerprint density at radius 3 is 2.62 bits per heavy atom. The van der Waals surface area contributed by atoms with Gasteiger partial charge in [0.25, 0.3) is 5.56 Å². The molecule has 1 aliphatic carbocycles. The van der Waals surface area contributed by atoms with Crippen LogP contribution < -0.4 is 11.2 Å². The Morgan fingerprint density at radius 2 is 2.00 bits per heavy atom. The molecule has 0 aromatic carbocycles. The highest BCUT2D eigenvalue weighted by Crippen LogP contribution is 2.35. The van der Waals surface area contributed by atoms with Gasteiger partial charge < -0.3 is 4.74 Å². The molecule has 1 N–H and O–H groups in total. The third-order valence-corrected chi connectivity index (χ3v) is 5.24. The zero-order chi connectivity index (χ0) is 15.0. The van der Waals surface area contributed by atoms with Crippen molar-refractivity contribution in [2.24, 2.45) is 5.92 Å². The highest BCUT2D eigenvalue weighted by Gasteiger charge is 2.30. The number of nitrogens with zero attached hydrogens (tertiary/aromatic N) is 1. The second kappa shape index (κ2) is 5.97. The molecular weight excluding hydrogens is 292 g/mol. The van der Waals surface area contributed by atoms with Gasteiger partial charge in [0, 0.05) is 18.6 Å². The lowest BCUT2D eigenvalue weighted by molar-refractivity contribution is 0.173. The van der Waals surface area contributed by atoms with Gasteiger partial charge >= 0.3 is 5.69 Å². The van der Waals surface area contributed by atoms with E-state index in [1.165, 1.54) is 4.57 Å². The minimum absolute atomic E-state index is 0.166. The van der Waals surface area contributed by atoms with Gasteiger partial charge in [-0.3, -0.25) is 14.3 Å². The van der Waals surface area contributed by atoms with Crippen LogP contribution in [-0.2, 0) is 4.74 Å². The minimum atomic E-state index is -0.411. The van der Waals surface area contributed by atoms with E-state index in [-0.39, 0.29) is 28.6 Å². The van der Waals surface area contributed by atoms with Crippen molar-refractivity contribution < 1.29 is 4.74 Å². The van der Waals surface area contributed by atoms with Crippen LogP contribution >= 0.6 is 11.6 Å². The number of hydrogen-bond donors (Lipinski definition) is 1. The summed E-state index contributed by atoms with van der Waals surface area (Å²) in [5, 5.41) is 0.225. The molecule has 1 saturated carbocycles. The number of ether oxygens (including phenoxy) is 1. The topological polar surface area (TPSA) is 64.1 Å². The number of aromatic amines is 1. The van der Waals surface area contributed by atoms with E-state index < -0.39 is 5.69 Å². The molecule has 0 amide bonds. The Balaban J connectivity index is 2.05. The van der Waals surface area contributed by atoms with E-state index in [4.69, 9.17) is 16.3 Å². The molecule has 2 heterocycles. The first-order valence-electron chi connectivity index (χ1n) is 7.71. The predicted molar refractivity (Wildman–Crippen MR) is 81.2 cm³/mol. The number of rotatable bonds is 3. The summed E-state index contributed by atoms with van der Waals surface area (Å²) in [5.74, 6) is 0.390. The van der Waals surface area contributed by atoms with Crippen LogP contribution in [0.3, 0.4) is 0 Å². The fourth-order valence-corrected chi connectivity index (χ4v) is 3.94. The van der Waals surface area contributed by atoms with Gasteiger partial charge in [-0.25, -0.2) is 4.79 Å². The van der Waals surface area contributed by atoms with Gasteiger partial charge in [0.2, 0.25) is 0 Å². The monoisotopic (exact) mass is 312 g/mol. The molecule has 2 aliphatic rings. The van der Waals surface area contributed by atoms with E-state index >= 15 is 0 Å². The van der Waals surface area contributed by atoms with Crippen LogP contribution in [0, 0.1) is 5.92 Å². The van der Waals surface area contributed by atoms with Crippen LogP contribution in [0.1, 0.15) is 56.6 Å². The van der Waals surface area contributed by atoms with Crippen LogP contribution in [0.15, 0.2) is 9.59 Å². The lowest BCUT2D eigenvalue weighted by Crippen LogP contribution is -2.42. The molecule has 2 fully saturated rings. The quantitative estimate of drug-likeness (QED) is 0.872. The molecule has 1 aromatic rings. The molecule has 0 bridgehead atoms. The summed E-state index contributed by atoms with van der Waals surface area (Å²) in [6, 6.07) is -0.166. The molecule has 2 unspecified atom stereocenters. The van der Waals surface area contributed by atoms with Crippen molar-refractivity contribution >= 4 is 11.6 Å². The largest absolute Gasteiger partial charge is 0.381 e. The van der Waals surface area contributed by atoms with Crippen LogP contribution in [0.5, 0.6) is 0 Å². The number of hydrogen-bond acceptors (Lipinski definition) is 3. The zero-order valence-corrected chi connectivity index (χ0v) is 13.0. The van der Waals surface area contributed by atoms with E-state index in [0.29, 0.717) is 18.8 Å². The Hall–Kier alpha value is -1.07. The van der Waals surface area contributed by atoms with E-state index in [2.05, 4.69) is 4.98 Å². The third kappa shape index (κ3) is 2.69. The van der Waals surface area contributed by atoms with Crippen molar-refractivity contribution in [1.29, 1.82) is 0 Å². The van der Waals surface area contributed by atoms with E-state index in [1.54, 1.807) is 0 Å². The van der Waals surface area contributed by atoms with E-state index in [0.717, 1.165) is 32.1 Å². The molecule has 0 spiro atoms. The van der Waals surface area contributed by atoms with Crippen LogP contribution in [0.2, 0.25) is 5.15 Å². The summed E-state index contributed by atoms with van der Waals surface area (Å²) in [5.41, 5.74) is -0.0271. The molecule has 3 rings (SSSR count). The number of H-pyrrole nitrogens is 1. The summed E-state index contributed by atoms with van der Waals surface area (Å²) >= 11 is 6.16. The summed E-state index contributed by atoms with van der Waals surface area (Å²) < 4.78 is 6.73. The SMILES string of the molecule is CC(C1CCOC1)n1c(=O)[nH]c(Cl)c(C2CCCC2)c1=O. The number of aromatic nitrogens is 2. The van der Waals surface area contributed by atoms with Gasteiger partial charge in [-0.05, 0) is 32.1 Å². The fraction of sp³-hybridized carbons (Fsp3) is 0.733. The van der Waals surface area contributed by atoms with Gasteiger partial charge in [-0.1, -0.05) is 24.4 Å². The van der Waals surface area contributed by atoms with Gasteiger partial charge in [0.05, 0.1) is 12.2 Å². The molecule has 0 radical (unpaired) electrons. The van der Waals surface area contributed by atoms with Crippen LogP contribution in [-0.4, -0.2) is 22.8 Å². The maximum atomic E-state index is 12.8. The fourth-order valence-electron chi connectivity index (χ4n) is 3.62. The summed E-state index contributed by atoms with van der Waals surface area (Å²) in [6.07, 6.45) is 5.06. The average Bonchev–Trinajstić information content (AvgIpc) is 3.11. The van der Waals surface area contributed by atoms with Crippen molar-refractivity contribution in [3.8, 4) is 0 Å². The Bertz CT molecular complexity index is 625. The van der Waals surface area contributed by atoms with Crippen molar-refractivity contribution in [2.75, 3.05) is 13.2 Å². The molecular formula is C15H21ClN2O3. The van der Waals surface area contributed by atoms with Gasteiger partial charge in [0.1, 0.15) is 5.15 Å². The maximum Gasteiger partial charge on any atom is 0.329 e. The van der Waals surface area contributed by atoms with Crippen LogP contribution in [0.25, 0.3) is 0 Å². The lowest BCUT2D eigenvalue weighted by Gasteiger charge is -2.21. The zero-order valence-electron chi connectivity index (χ0n) is 12.2. The predicted octanol–water partition coefficient (Wildman–Crippen LogP) is 2.45. The number of nitrogens with one attached hydrogen (secondary N) is 1. The summed E-state index contributed by atoms with van der Waals surface area (Å²) in [4.78, 5) is 27.7. The standard InChI is InChI=1S/C15H21ClN2O3/c1-9(11-6-7-21-8-11)18-14(19)12(10-4-2-3-5-10)13(16)17-15(18)20/h9-11H,2-8H2,1H3,(H,17,20). The van der Waals surface area contributed by atoms with E-state index in [9.17, 15) is 9.59 Å². The minimum Gasteiger partial charge on any atom is -0.381 e. The highest BCUT2D eigenvalue weighted by atomic mass is 35.5. The molecule has 1 saturated heterocycles. The molecule has 116 valence electrons. The summed E-state index contributed by atoms with van der Waals surface area (Å²) in [7, 11) is 0. The van der Waals surface area contributed by atoms with Crippen molar-refractivity contribution in [3.63, 3.8) is 0 Å². The molecule has 1 aliphatic heterocycles. The first kappa shape index (κ1) is 14.9. The second-order valence-electron chi connectivity index (χ2n) is 6.18. The van der Waals surface area contributed by atoms with Crippen molar-refractivity contribution in [3.05, 3.63) is 31.6 Å². The van der Waals surface area contributed by atoms with Crippen LogP contribution in [0.4, 0.5) is 0 Å². The third-order valence-electron chi connectivity index (χ3n) is 4.94. The highest BCUT2D eigenvalue weighted by molar-refractivity contribution is 6.30. The van der Waals surface area contributed by atoms with Gasteiger partial charge in [0.15, 0.2) is 0 Å². The molecule has 6 heteroatoms. The molecule has 1 aromatic heterocycles. The lowest BCUT2D eigenvalue weighted by atomic mass is 9.98. The molecule has 2 atom stereocenters. The Morgan fingerprint density at radius 1 is 1.29 bits per heavy atom. The van der Waals surface area contributed by atoms with Crippen molar-refractivity contribution in [1.82, 2.24) is 9.55 Å². The first-order chi connectivity index (χ1) is 10.1. The number of halogens is 1. The maximum absolute atomic E-state index is 12.8. The van der Waals surface area contributed by atoms with Crippen molar-refractivity contribution in [2.45, 2.75) is 51.0 Å².